The van der Waals surface area contributed by atoms with Crippen molar-refractivity contribution in [3.8, 4) is 0 Å². The molecule has 0 bridgehead atoms. The number of nitrogens with zero attached hydrogens (tertiary/aromatic N) is 1. The molecule has 242 valence electrons. The van der Waals surface area contributed by atoms with Crippen molar-refractivity contribution < 1.29 is 53.3 Å². The fourth-order valence-corrected chi connectivity index (χ4v) is 4.26. The van der Waals surface area contributed by atoms with Crippen LogP contribution >= 0.6 is 0 Å². The third-order valence-electron chi connectivity index (χ3n) is 6.45. The fraction of sp³-hybridized carbons (Fsp3) is 0.704. The number of Topliss-reactive ketones (excluding diaryl/α,β-unsaturated/α-hetero) is 1. The van der Waals surface area contributed by atoms with Crippen molar-refractivity contribution in [2.75, 3.05) is 19.7 Å². The summed E-state index contributed by atoms with van der Waals surface area (Å²) in [5.41, 5.74) is 0. The van der Waals surface area contributed by atoms with Gasteiger partial charge in [0.05, 0.1) is 25.6 Å². The van der Waals surface area contributed by atoms with Gasteiger partial charge in [0.25, 0.3) is 5.91 Å². The molecule has 2 unspecified atom stereocenters. The number of alkyl carbamates (subject to hydrolysis) is 1. The predicted molar refractivity (Wildman–Crippen MR) is 149 cm³/mol. The minimum absolute atomic E-state index is 0.0718. The quantitative estimate of drug-likeness (QED) is 0.113. The molecule has 1 heterocycles. The molecule has 16 nitrogen and oxygen atoms in total. The van der Waals surface area contributed by atoms with Crippen LogP contribution < -0.4 is 21.3 Å². The number of carbonyl (C=O) groups is 8. The number of carbonyl (C=O) groups excluding carboxylic acids is 6. The normalized spacial score (nSPS) is 16.5. The van der Waals surface area contributed by atoms with Crippen molar-refractivity contribution >= 4 is 47.4 Å². The number of rotatable bonds is 17. The number of ether oxygens (including phenoxy) is 1. The lowest BCUT2D eigenvalue weighted by Crippen LogP contribution is -2.57. The Morgan fingerprint density at radius 2 is 1.58 bits per heavy atom. The minimum Gasteiger partial charge on any atom is -0.481 e. The zero-order valence-corrected chi connectivity index (χ0v) is 25.1. The number of ketones is 1. The summed E-state index contributed by atoms with van der Waals surface area (Å²) < 4.78 is 5.13. The molecule has 4 atom stereocenters. The van der Waals surface area contributed by atoms with Gasteiger partial charge in [0.1, 0.15) is 18.1 Å². The number of nitrogens with one attached hydrogen (secondary N) is 4. The van der Waals surface area contributed by atoms with E-state index < -0.39 is 84.6 Å². The Morgan fingerprint density at radius 3 is 2.12 bits per heavy atom. The van der Waals surface area contributed by atoms with Crippen LogP contribution in [0.4, 0.5) is 4.79 Å². The second-order valence-electron chi connectivity index (χ2n) is 11.0. The Morgan fingerprint density at radius 1 is 0.930 bits per heavy atom. The minimum atomic E-state index is -1.74. The number of carboxylic acids is 2. The Hall–Kier alpha value is -4.24. The van der Waals surface area contributed by atoms with E-state index in [2.05, 4.69) is 10.6 Å². The molecule has 0 saturated carbocycles. The second kappa shape index (κ2) is 17.7. The molecular formula is C27H43N5O11. The SMILES string of the molecule is CCCC(NC(=O)[C@@H]1CCCN1C(=O)[C@@H](NC(=O)OCC(C)C)C(C)C)C(=O)C(=O)NCC(=O)NC(CC(=O)O)C(=O)O. The van der Waals surface area contributed by atoms with Gasteiger partial charge in [-0.3, -0.25) is 28.8 Å². The predicted octanol–water partition coefficient (Wildman–Crippen LogP) is -0.601. The van der Waals surface area contributed by atoms with Gasteiger partial charge in [0.2, 0.25) is 23.5 Å². The van der Waals surface area contributed by atoms with Gasteiger partial charge in [-0.15, -0.1) is 0 Å². The summed E-state index contributed by atoms with van der Waals surface area (Å²) in [4.78, 5) is 99.4. The Labute approximate surface area is 249 Å². The van der Waals surface area contributed by atoms with E-state index in [4.69, 9.17) is 14.9 Å². The van der Waals surface area contributed by atoms with E-state index in [-0.39, 0.29) is 31.4 Å². The molecule has 16 heteroatoms. The Kier molecular flexibility index (Phi) is 15.1. The number of aliphatic carboxylic acids is 2. The van der Waals surface area contributed by atoms with E-state index in [1.54, 1.807) is 20.8 Å². The van der Waals surface area contributed by atoms with Gasteiger partial charge >= 0.3 is 18.0 Å². The van der Waals surface area contributed by atoms with Crippen LogP contribution in [0.5, 0.6) is 0 Å². The van der Waals surface area contributed by atoms with E-state index in [1.807, 2.05) is 24.5 Å². The molecule has 5 amide bonds. The van der Waals surface area contributed by atoms with Gasteiger partial charge < -0.3 is 41.1 Å². The number of likely N-dealkylation sites (tertiary alicyclic amines) is 1. The van der Waals surface area contributed by atoms with Crippen LogP contribution in [0.3, 0.4) is 0 Å². The fourth-order valence-electron chi connectivity index (χ4n) is 4.26. The molecule has 0 aliphatic carbocycles. The topological polar surface area (TPSA) is 238 Å². The summed E-state index contributed by atoms with van der Waals surface area (Å²) >= 11 is 0. The summed E-state index contributed by atoms with van der Waals surface area (Å²) in [6.45, 7) is 8.51. The second-order valence-corrected chi connectivity index (χ2v) is 11.0. The van der Waals surface area contributed by atoms with Gasteiger partial charge in [-0.2, -0.15) is 0 Å². The van der Waals surface area contributed by atoms with E-state index in [9.17, 15) is 38.4 Å². The molecule has 6 N–H and O–H groups in total. The summed E-state index contributed by atoms with van der Waals surface area (Å²) in [6, 6.07) is -4.93. The van der Waals surface area contributed by atoms with Crippen molar-refractivity contribution in [1.82, 2.24) is 26.2 Å². The first-order valence-electron chi connectivity index (χ1n) is 14.2. The van der Waals surface area contributed by atoms with Crippen LogP contribution in [-0.2, 0) is 38.3 Å². The zero-order valence-electron chi connectivity index (χ0n) is 25.1. The zero-order chi connectivity index (χ0) is 32.9. The van der Waals surface area contributed by atoms with E-state index >= 15 is 0 Å². The maximum absolute atomic E-state index is 13.4. The molecular weight excluding hydrogens is 570 g/mol. The standard InChI is InChI=1S/C27H43N5O11/c1-6-8-16(22(36)24(38)28-12-19(33)29-17(26(40)41)11-20(34)35)30-23(37)18-9-7-10-32(18)25(39)21(15(4)5)31-27(42)43-13-14(2)3/h14-18,21H,6-13H2,1-5H3,(H,28,38)(H,29,33)(H,30,37)(H,31,42)(H,34,35)(H,40,41)/t16?,17?,18-,21-/m0/s1. The Balaban J connectivity index is 2.87. The van der Waals surface area contributed by atoms with Gasteiger partial charge in [0.15, 0.2) is 0 Å². The molecule has 1 aliphatic heterocycles. The molecule has 0 spiro atoms. The highest BCUT2D eigenvalue weighted by Crippen LogP contribution is 2.21. The van der Waals surface area contributed by atoms with Crippen molar-refractivity contribution in [2.45, 2.75) is 90.9 Å². The monoisotopic (exact) mass is 613 g/mol. The number of hydrogen-bond donors (Lipinski definition) is 6. The summed E-state index contributed by atoms with van der Waals surface area (Å²) in [6.07, 6.45) is -0.397. The Bertz CT molecular complexity index is 1060. The molecule has 0 radical (unpaired) electrons. The molecule has 1 aliphatic rings. The molecule has 1 rings (SSSR count). The molecule has 0 aromatic carbocycles. The van der Waals surface area contributed by atoms with Crippen molar-refractivity contribution in [3.05, 3.63) is 0 Å². The van der Waals surface area contributed by atoms with Crippen LogP contribution in [0.15, 0.2) is 0 Å². The van der Waals surface area contributed by atoms with Gasteiger partial charge in [-0.1, -0.05) is 41.0 Å². The summed E-state index contributed by atoms with van der Waals surface area (Å²) in [7, 11) is 0. The maximum atomic E-state index is 13.4. The van der Waals surface area contributed by atoms with Crippen molar-refractivity contribution in [3.63, 3.8) is 0 Å². The summed E-state index contributed by atoms with van der Waals surface area (Å²) in [5.74, 6) is -7.75. The first-order chi connectivity index (χ1) is 20.1. The van der Waals surface area contributed by atoms with Crippen LogP contribution in [-0.4, -0.2) is 106 Å². The van der Waals surface area contributed by atoms with Crippen LogP contribution in [0.25, 0.3) is 0 Å². The van der Waals surface area contributed by atoms with Gasteiger partial charge in [-0.05, 0) is 31.1 Å². The van der Waals surface area contributed by atoms with Crippen LogP contribution in [0.2, 0.25) is 0 Å². The lowest BCUT2D eigenvalue weighted by molar-refractivity contribution is -0.147. The molecule has 0 aromatic heterocycles. The van der Waals surface area contributed by atoms with E-state index in [0.29, 0.717) is 19.3 Å². The van der Waals surface area contributed by atoms with Crippen LogP contribution in [0, 0.1) is 11.8 Å². The molecule has 1 fully saturated rings. The number of amides is 5. The number of hydrogen-bond acceptors (Lipinski definition) is 9. The van der Waals surface area contributed by atoms with Gasteiger partial charge in [-0.25, -0.2) is 9.59 Å². The average molecular weight is 614 g/mol. The first kappa shape index (κ1) is 36.8. The lowest BCUT2D eigenvalue weighted by Gasteiger charge is -2.31. The summed E-state index contributed by atoms with van der Waals surface area (Å²) in [5, 5.41) is 26.9. The van der Waals surface area contributed by atoms with E-state index in [1.165, 1.54) is 4.90 Å². The molecule has 1 saturated heterocycles. The third kappa shape index (κ3) is 12.3. The maximum Gasteiger partial charge on any atom is 0.407 e. The highest BCUT2D eigenvalue weighted by Gasteiger charge is 2.40. The van der Waals surface area contributed by atoms with E-state index in [0.717, 1.165) is 0 Å². The van der Waals surface area contributed by atoms with Crippen molar-refractivity contribution in [1.29, 1.82) is 0 Å². The largest absolute Gasteiger partial charge is 0.481 e. The highest BCUT2D eigenvalue weighted by molar-refractivity contribution is 6.38. The van der Waals surface area contributed by atoms with Crippen LogP contribution in [0.1, 0.15) is 66.7 Å². The number of carboxylic acid groups (broad SMARTS) is 2. The first-order valence-corrected chi connectivity index (χ1v) is 14.2. The molecule has 0 aromatic rings. The average Bonchev–Trinajstić information content (AvgIpc) is 3.42. The third-order valence-corrected chi connectivity index (χ3v) is 6.45. The lowest BCUT2D eigenvalue weighted by atomic mass is 10.0. The smallest absolute Gasteiger partial charge is 0.407 e. The van der Waals surface area contributed by atoms with Crippen molar-refractivity contribution in [2.24, 2.45) is 11.8 Å². The molecule has 43 heavy (non-hydrogen) atoms. The highest BCUT2D eigenvalue weighted by atomic mass is 16.5. The van der Waals surface area contributed by atoms with Gasteiger partial charge in [0, 0.05) is 6.54 Å².